The van der Waals surface area contributed by atoms with Crippen LogP contribution in [0.2, 0.25) is 0 Å². The number of nitrogens with two attached hydrogens (primary N) is 1. The summed E-state index contributed by atoms with van der Waals surface area (Å²) in [5.41, 5.74) is 8.26. The van der Waals surface area contributed by atoms with Gasteiger partial charge in [-0.05, 0) is 42.9 Å². The zero-order valence-electron chi connectivity index (χ0n) is 15.6. The SMILES string of the molecule is COc1cc2[nH]c(N3CCC(Cc4ccccc4)CC3)cc2cc1C(N)=O. The molecule has 27 heavy (non-hydrogen) atoms. The number of piperidine rings is 1. The number of carbonyl (C=O) groups is 1. The standard InChI is InChI=1S/C22H25N3O2/c1-27-20-14-19-17(12-18(20)22(23)26)13-21(24-19)25-9-7-16(8-10-25)11-15-5-3-2-4-6-15/h2-6,12-14,16,24H,7-11H2,1H3,(H2,23,26). The van der Waals surface area contributed by atoms with Gasteiger partial charge in [-0.2, -0.15) is 0 Å². The number of rotatable bonds is 5. The Labute approximate surface area is 159 Å². The minimum absolute atomic E-state index is 0.414. The Morgan fingerprint density at radius 2 is 1.93 bits per heavy atom. The number of fused-ring (bicyclic) bond motifs is 1. The van der Waals surface area contributed by atoms with Crippen LogP contribution in [0.1, 0.15) is 28.8 Å². The maximum Gasteiger partial charge on any atom is 0.252 e. The molecule has 0 spiro atoms. The van der Waals surface area contributed by atoms with Crippen LogP contribution in [0.25, 0.3) is 10.9 Å². The molecule has 0 bridgehead atoms. The quantitative estimate of drug-likeness (QED) is 0.725. The van der Waals surface area contributed by atoms with E-state index in [1.54, 1.807) is 13.2 Å². The van der Waals surface area contributed by atoms with Crippen LogP contribution in [0.5, 0.6) is 5.75 Å². The molecule has 1 aliphatic rings. The Morgan fingerprint density at radius 1 is 1.19 bits per heavy atom. The van der Waals surface area contributed by atoms with E-state index in [-0.39, 0.29) is 0 Å². The molecule has 140 valence electrons. The van der Waals surface area contributed by atoms with Crippen molar-refractivity contribution < 1.29 is 9.53 Å². The molecule has 3 N–H and O–H groups in total. The predicted molar refractivity (Wildman–Crippen MR) is 108 cm³/mol. The second-order valence-electron chi connectivity index (χ2n) is 7.28. The first-order valence-corrected chi connectivity index (χ1v) is 9.43. The van der Waals surface area contributed by atoms with Crippen molar-refractivity contribution in [3.05, 3.63) is 59.7 Å². The van der Waals surface area contributed by atoms with Gasteiger partial charge in [-0.1, -0.05) is 30.3 Å². The normalized spacial score (nSPS) is 15.2. The van der Waals surface area contributed by atoms with Gasteiger partial charge in [0.15, 0.2) is 0 Å². The van der Waals surface area contributed by atoms with Crippen molar-refractivity contribution in [1.82, 2.24) is 4.98 Å². The number of hydrogen-bond donors (Lipinski definition) is 2. The first kappa shape index (κ1) is 17.5. The number of nitrogens with zero attached hydrogens (tertiary/aromatic N) is 1. The smallest absolute Gasteiger partial charge is 0.252 e. The molecule has 0 radical (unpaired) electrons. The van der Waals surface area contributed by atoms with Gasteiger partial charge in [-0.25, -0.2) is 0 Å². The van der Waals surface area contributed by atoms with Crippen LogP contribution in [0.4, 0.5) is 5.82 Å². The molecule has 0 aliphatic carbocycles. The molecule has 0 unspecified atom stereocenters. The molecule has 3 aromatic rings. The number of hydrogen-bond acceptors (Lipinski definition) is 3. The number of methoxy groups -OCH3 is 1. The van der Waals surface area contributed by atoms with Crippen LogP contribution in [0.15, 0.2) is 48.5 Å². The van der Waals surface area contributed by atoms with E-state index < -0.39 is 5.91 Å². The van der Waals surface area contributed by atoms with Gasteiger partial charge in [0.2, 0.25) is 0 Å². The van der Waals surface area contributed by atoms with Crippen LogP contribution in [0.3, 0.4) is 0 Å². The predicted octanol–water partition coefficient (Wildman–Crippen LogP) is 3.73. The molecule has 4 rings (SSSR count). The van der Waals surface area contributed by atoms with Gasteiger partial charge in [0.05, 0.1) is 18.2 Å². The third kappa shape index (κ3) is 3.63. The number of aromatic amines is 1. The Balaban J connectivity index is 1.48. The zero-order chi connectivity index (χ0) is 18.8. The molecule has 2 heterocycles. The number of ether oxygens (including phenoxy) is 1. The Hall–Kier alpha value is -2.95. The lowest BCUT2D eigenvalue weighted by Crippen LogP contribution is -2.34. The number of carbonyl (C=O) groups excluding carboxylic acids is 1. The van der Waals surface area contributed by atoms with Crippen molar-refractivity contribution in [1.29, 1.82) is 0 Å². The van der Waals surface area contributed by atoms with E-state index in [0.717, 1.165) is 42.1 Å². The van der Waals surface area contributed by atoms with E-state index in [1.165, 1.54) is 18.4 Å². The Morgan fingerprint density at radius 3 is 2.59 bits per heavy atom. The van der Waals surface area contributed by atoms with E-state index in [1.807, 2.05) is 6.07 Å². The highest BCUT2D eigenvalue weighted by molar-refractivity contribution is 6.00. The van der Waals surface area contributed by atoms with Gasteiger partial charge < -0.3 is 20.4 Å². The molecular formula is C22H25N3O2. The second-order valence-corrected chi connectivity index (χ2v) is 7.28. The van der Waals surface area contributed by atoms with Crippen molar-refractivity contribution in [2.24, 2.45) is 11.7 Å². The largest absolute Gasteiger partial charge is 0.496 e. The second kappa shape index (κ2) is 7.35. The molecule has 5 heteroatoms. The molecule has 2 aromatic carbocycles. The summed E-state index contributed by atoms with van der Waals surface area (Å²) in [7, 11) is 1.55. The summed E-state index contributed by atoms with van der Waals surface area (Å²) in [6, 6.07) is 16.5. The van der Waals surface area contributed by atoms with E-state index in [0.29, 0.717) is 11.3 Å². The van der Waals surface area contributed by atoms with E-state index in [4.69, 9.17) is 10.5 Å². The molecule has 1 aliphatic heterocycles. The van der Waals surface area contributed by atoms with E-state index in [9.17, 15) is 4.79 Å². The number of amides is 1. The molecular weight excluding hydrogens is 338 g/mol. The monoisotopic (exact) mass is 363 g/mol. The first-order valence-electron chi connectivity index (χ1n) is 9.43. The van der Waals surface area contributed by atoms with Gasteiger partial charge in [0.1, 0.15) is 11.6 Å². The average Bonchev–Trinajstić information content (AvgIpc) is 3.11. The molecule has 5 nitrogen and oxygen atoms in total. The van der Waals surface area contributed by atoms with Crippen LogP contribution in [-0.4, -0.2) is 31.1 Å². The van der Waals surface area contributed by atoms with Crippen molar-refractivity contribution in [2.45, 2.75) is 19.3 Å². The molecule has 1 amide bonds. The number of anilines is 1. The molecule has 0 saturated carbocycles. The number of aromatic nitrogens is 1. The lowest BCUT2D eigenvalue weighted by atomic mass is 9.90. The topological polar surface area (TPSA) is 71.3 Å². The number of benzene rings is 2. The summed E-state index contributed by atoms with van der Waals surface area (Å²) in [4.78, 5) is 17.5. The van der Waals surface area contributed by atoms with Crippen LogP contribution in [0, 0.1) is 5.92 Å². The lowest BCUT2D eigenvalue weighted by molar-refractivity contribution is 0.0997. The van der Waals surface area contributed by atoms with Crippen molar-refractivity contribution in [2.75, 3.05) is 25.1 Å². The molecule has 1 fully saturated rings. The summed E-state index contributed by atoms with van der Waals surface area (Å²) in [5, 5.41) is 0.978. The highest BCUT2D eigenvalue weighted by atomic mass is 16.5. The highest BCUT2D eigenvalue weighted by Gasteiger charge is 2.21. The zero-order valence-corrected chi connectivity index (χ0v) is 15.6. The van der Waals surface area contributed by atoms with Gasteiger partial charge in [-0.3, -0.25) is 4.79 Å². The lowest BCUT2D eigenvalue weighted by Gasteiger charge is -2.32. The third-order valence-electron chi connectivity index (χ3n) is 5.51. The summed E-state index contributed by atoms with van der Waals surface area (Å²) in [5.74, 6) is 1.85. The summed E-state index contributed by atoms with van der Waals surface area (Å²) >= 11 is 0. The summed E-state index contributed by atoms with van der Waals surface area (Å²) < 4.78 is 5.31. The van der Waals surface area contributed by atoms with Gasteiger partial charge in [0, 0.05) is 24.5 Å². The Bertz CT molecular complexity index is 941. The third-order valence-corrected chi connectivity index (χ3v) is 5.51. The maximum atomic E-state index is 11.6. The van der Waals surface area contributed by atoms with Gasteiger partial charge >= 0.3 is 0 Å². The minimum atomic E-state index is -0.474. The van der Waals surface area contributed by atoms with Crippen LogP contribution < -0.4 is 15.4 Å². The fraction of sp³-hybridized carbons (Fsp3) is 0.318. The van der Waals surface area contributed by atoms with Crippen LogP contribution in [-0.2, 0) is 6.42 Å². The Kier molecular flexibility index (Phi) is 4.75. The highest BCUT2D eigenvalue weighted by Crippen LogP contribution is 2.31. The minimum Gasteiger partial charge on any atom is -0.496 e. The summed E-state index contributed by atoms with van der Waals surface area (Å²) in [6.07, 6.45) is 3.51. The van der Waals surface area contributed by atoms with E-state index >= 15 is 0 Å². The molecule has 1 aromatic heterocycles. The number of nitrogens with one attached hydrogen (secondary N) is 1. The average molecular weight is 363 g/mol. The molecule has 1 saturated heterocycles. The fourth-order valence-corrected chi connectivity index (χ4v) is 4.00. The van der Waals surface area contributed by atoms with E-state index in [2.05, 4.69) is 46.3 Å². The van der Waals surface area contributed by atoms with Crippen LogP contribution >= 0.6 is 0 Å². The maximum absolute atomic E-state index is 11.6. The van der Waals surface area contributed by atoms with Gasteiger partial charge in [0.25, 0.3) is 5.91 Å². The van der Waals surface area contributed by atoms with Crippen molar-refractivity contribution in [3.63, 3.8) is 0 Å². The number of H-pyrrole nitrogens is 1. The first-order chi connectivity index (χ1) is 13.1. The van der Waals surface area contributed by atoms with Gasteiger partial charge in [-0.15, -0.1) is 0 Å². The number of primary amides is 1. The summed E-state index contributed by atoms with van der Waals surface area (Å²) in [6.45, 7) is 2.06. The van der Waals surface area contributed by atoms with Crippen molar-refractivity contribution >= 4 is 22.6 Å². The fourth-order valence-electron chi connectivity index (χ4n) is 4.00. The molecule has 0 atom stereocenters. The van der Waals surface area contributed by atoms with Crippen molar-refractivity contribution in [3.8, 4) is 5.75 Å².